The molecule has 25 heavy (non-hydrogen) atoms. The molecule has 3 atom stereocenters. The Morgan fingerprint density at radius 3 is 2.48 bits per heavy atom. The average molecular weight is 345 g/mol. The Morgan fingerprint density at radius 1 is 1.08 bits per heavy atom. The first kappa shape index (κ1) is 19.0. The number of hydrogen-bond donors (Lipinski definition) is 3. The molecule has 6 heteroatoms. The molecule has 3 N–H and O–H groups in total. The second-order valence-electron chi connectivity index (χ2n) is 6.86. The van der Waals surface area contributed by atoms with Crippen molar-refractivity contribution in [1.82, 2.24) is 10.6 Å². The molecule has 0 heterocycles. The van der Waals surface area contributed by atoms with Gasteiger partial charge in [-0.15, -0.1) is 0 Å². The van der Waals surface area contributed by atoms with E-state index in [1.54, 1.807) is 32.2 Å². The molecule has 1 aromatic rings. The van der Waals surface area contributed by atoms with E-state index in [1.807, 2.05) is 0 Å². The number of anilines is 1. The Labute approximate surface area is 148 Å². The Bertz CT molecular complexity index is 672. The van der Waals surface area contributed by atoms with Gasteiger partial charge in [0.2, 0.25) is 0 Å². The molecule has 1 aromatic carbocycles. The van der Waals surface area contributed by atoms with E-state index in [-0.39, 0.29) is 11.9 Å². The quantitative estimate of drug-likeness (QED) is 0.734. The van der Waals surface area contributed by atoms with Crippen LogP contribution in [0.3, 0.4) is 0 Å². The Balaban J connectivity index is 2.04. The summed E-state index contributed by atoms with van der Waals surface area (Å²) in [6.07, 6.45) is 3.12. The molecule has 6 nitrogen and oxygen atoms in total. The first-order valence-corrected chi connectivity index (χ1v) is 8.78. The van der Waals surface area contributed by atoms with Crippen molar-refractivity contribution in [1.29, 1.82) is 0 Å². The van der Waals surface area contributed by atoms with E-state index in [1.165, 1.54) is 0 Å². The molecule has 1 fully saturated rings. The number of nitrogens with one attached hydrogen (secondary N) is 3. The van der Waals surface area contributed by atoms with E-state index in [0.29, 0.717) is 28.7 Å². The fourth-order valence-electron chi connectivity index (χ4n) is 3.35. The average Bonchev–Trinajstić information content (AvgIpc) is 2.60. The molecule has 0 saturated heterocycles. The van der Waals surface area contributed by atoms with Crippen LogP contribution in [0.1, 0.15) is 49.0 Å². The molecule has 0 aliphatic heterocycles. The second-order valence-corrected chi connectivity index (χ2v) is 6.86. The molecule has 1 aliphatic rings. The molecular weight excluding hydrogens is 318 g/mol. The van der Waals surface area contributed by atoms with E-state index in [4.69, 9.17) is 0 Å². The van der Waals surface area contributed by atoms with Gasteiger partial charge in [-0.25, -0.2) is 0 Å². The van der Waals surface area contributed by atoms with E-state index in [9.17, 15) is 14.4 Å². The van der Waals surface area contributed by atoms with Gasteiger partial charge in [0, 0.05) is 24.3 Å². The number of benzene rings is 1. The lowest BCUT2D eigenvalue weighted by atomic mass is 9.78. The monoisotopic (exact) mass is 345 g/mol. The molecule has 1 aliphatic carbocycles. The minimum atomic E-state index is -0.706. The van der Waals surface area contributed by atoms with Crippen LogP contribution in [-0.4, -0.2) is 30.8 Å². The number of carbonyl (C=O) groups excluding carboxylic acids is 3. The first-order chi connectivity index (χ1) is 11.8. The Morgan fingerprint density at radius 2 is 1.80 bits per heavy atom. The molecule has 136 valence electrons. The molecule has 0 radical (unpaired) electrons. The maximum Gasteiger partial charge on any atom is 0.313 e. The van der Waals surface area contributed by atoms with Crippen molar-refractivity contribution in [3.63, 3.8) is 0 Å². The fraction of sp³-hybridized carbons (Fsp3) is 0.526. The van der Waals surface area contributed by atoms with Gasteiger partial charge in [-0.1, -0.05) is 32.8 Å². The minimum absolute atomic E-state index is 0.0281. The third kappa shape index (κ3) is 4.38. The van der Waals surface area contributed by atoms with Crippen LogP contribution in [-0.2, 0) is 9.59 Å². The summed E-state index contributed by atoms with van der Waals surface area (Å²) in [6, 6.07) is 5.06. The van der Waals surface area contributed by atoms with Crippen molar-refractivity contribution < 1.29 is 14.4 Å². The normalized spacial score (nSPS) is 22.8. The lowest BCUT2D eigenvalue weighted by molar-refractivity contribution is -0.137. The summed E-state index contributed by atoms with van der Waals surface area (Å²) in [4.78, 5) is 36.3. The van der Waals surface area contributed by atoms with Crippen LogP contribution in [0.4, 0.5) is 5.69 Å². The number of rotatable bonds is 3. The summed E-state index contributed by atoms with van der Waals surface area (Å²) < 4.78 is 0. The van der Waals surface area contributed by atoms with Crippen molar-refractivity contribution in [3.8, 4) is 0 Å². The van der Waals surface area contributed by atoms with Crippen LogP contribution >= 0.6 is 0 Å². The van der Waals surface area contributed by atoms with E-state index in [0.717, 1.165) is 19.3 Å². The molecule has 3 amide bonds. The zero-order chi connectivity index (χ0) is 18.6. The van der Waals surface area contributed by atoms with Crippen molar-refractivity contribution in [3.05, 3.63) is 29.3 Å². The highest BCUT2D eigenvalue weighted by Gasteiger charge is 2.29. The molecular formula is C19H27N3O3. The zero-order valence-electron chi connectivity index (χ0n) is 15.3. The maximum absolute atomic E-state index is 12.3. The van der Waals surface area contributed by atoms with Crippen LogP contribution in [0.15, 0.2) is 18.2 Å². The van der Waals surface area contributed by atoms with Crippen LogP contribution in [0.2, 0.25) is 0 Å². The van der Waals surface area contributed by atoms with Gasteiger partial charge in [-0.3, -0.25) is 14.4 Å². The van der Waals surface area contributed by atoms with Crippen LogP contribution in [0.5, 0.6) is 0 Å². The summed E-state index contributed by atoms with van der Waals surface area (Å²) in [7, 11) is 1.55. The molecule has 3 unspecified atom stereocenters. The van der Waals surface area contributed by atoms with Gasteiger partial charge < -0.3 is 16.0 Å². The smallest absolute Gasteiger partial charge is 0.313 e. The first-order valence-electron chi connectivity index (χ1n) is 8.78. The lowest BCUT2D eigenvalue weighted by Crippen LogP contribution is -2.47. The van der Waals surface area contributed by atoms with Crippen LogP contribution < -0.4 is 16.0 Å². The van der Waals surface area contributed by atoms with E-state index < -0.39 is 11.8 Å². The highest BCUT2D eigenvalue weighted by Crippen LogP contribution is 2.29. The highest BCUT2D eigenvalue weighted by molar-refractivity contribution is 6.39. The predicted molar refractivity (Wildman–Crippen MR) is 97.3 cm³/mol. The summed E-state index contributed by atoms with van der Waals surface area (Å²) in [5.41, 5.74) is 1.56. The molecule has 0 bridgehead atoms. The second kappa shape index (κ2) is 8.14. The fourth-order valence-corrected chi connectivity index (χ4v) is 3.35. The number of amides is 3. The third-order valence-electron chi connectivity index (χ3n) is 5.28. The van der Waals surface area contributed by atoms with Gasteiger partial charge in [-0.05, 0) is 42.9 Å². The van der Waals surface area contributed by atoms with Gasteiger partial charge in [0.05, 0.1) is 0 Å². The third-order valence-corrected chi connectivity index (χ3v) is 5.28. The zero-order valence-corrected chi connectivity index (χ0v) is 15.3. The van der Waals surface area contributed by atoms with E-state index >= 15 is 0 Å². The van der Waals surface area contributed by atoms with Crippen molar-refractivity contribution >= 4 is 23.4 Å². The maximum atomic E-state index is 12.3. The van der Waals surface area contributed by atoms with Crippen LogP contribution in [0.25, 0.3) is 0 Å². The number of hydrogen-bond acceptors (Lipinski definition) is 3. The highest BCUT2D eigenvalue weighted by atomic mass is 16.2. The van der Waals surface area contributed by atoms with Gasteiger partial charge in [0.25, 0.3) is 5.91 Å². The predicted octanol–water partition coefficient (Wildman–Crippen LogP) is 2.23. The minimum Gasteiger partial charge on any atom is -0.355 e. The van der Waals surface area contributed by atoms with Crippen molar-refractivity contribution in [2.45, 2.75) is 46.1 Å². The Kier molecular flexibility index (Phi) is 6.17. The summed E-state index contributed by atoms with van der Waals surface area (Å²) in [6.45, 7) is 6.03. The standard InChI is InChI=1S/C19H27N3O3/c1-11-7-5-9-15(12(11)2)21-18(24)19(25)22-16-10-6-8-14(13(16)3)17(23)20-4/h6,8,10-12,15H,5,7,9H2,1-4H3,(H,20,23)(H,21,24)(H,22,25). The molecule has 2 rings (SSSR count). The summed E-state index contributed by atoms with van der Waals surface area (Å²) in [5.74, 6) is -0.682. The largest absolute Gasteiger partial charge is 0.355 e. The molecule has 1 saturated carbocycles. The van der Waals surface area contributed by atoms with Gasteiger partial charge >= 0.3 is 11.8 Å². The summed E-state index contributed by atoms with van der Waals surface area (Å²) >= 11 is 0. The van der Waals surface area contributed by atoms with Crippen molar-refractivity contribution in [2.24, 2.45) is 11.8 Å². The lowest BCUT2D eigenvalue weighted by Gasteiger charge is -2.34. The van der Waals surface area contributed by atoms with Crippen molar-refractivity contribution in [2.75, 3.05) is 12.4 Å². The number of carbonyl (C=O) groups is 3. The molecule has 0 aromatic heterocycles. The van der Waals surface area contributed by atoms with Gasteiger partial charge in [0.15, 0.2) is 0 Å². The van der Waals surface area contributed by atoms with Crippen LogP contribution in [0, 0.1) is 18.8 Å². The van der Waals surface area contributed by atoms with Gasteiger partial charge in [0.1, 0.15) is 0 Å². The van der Waals surface area contributed by atoms with Gasteiger partial charge in [-0.2, -0.15) is 0 Å². The molecule has 0 spiro atoms. The summed E-state index contributed by atoms with van der Waals surface area (Å²) in [5, 5.41) is 8.03. The Hall–Kier alpha value is -2.37. The van der Waals surface area contributed by atoms with E-state index in [2.05, 4.69) is 29.8 Å². The SMILES string of the molecule is CNC(=O)c1cccc(NC(=O)C(=O)NC2CCCC(C)C2C)c1C. The topological polar surface area (TPSA) is 87.3 Å².